The molecule has 32 heavy (non-hydrogen) atoms. The van der Waals surface area contributed by atoms with Crippen molar-refractivity contribution in [1.29, 1.82) is 0 Å². The molecule has 2 aromatic heterocycles. The number of nitrogens with one attached hydrogen (secondary N) is 3. The van der Waals surface area contributed by atoms with Gasteiger partial charge in [0.1, 0.15) is 5.82 Å². The van der Waals surface area contributed by atoms with Crippen molar-refractivity contribution in [3.8, 4) is 11.3 Å². The van der Waals surface area contributed by atoms with Gasteiger partial charge in [-0.1, -0.05) is 24.3 Å². The summed E-state index contributed by atoms with van der Waals surface area (Å²) in [5, 5.41) is 8.27. The third-order valence-corrected chi connectivity index (χ3v) is 6.54. The normalized spacial score (nSPS) is 14.6. The topological polar surface area (TPSA) is 69.8 Å². The van der Waals surface area contributed by atoms with Crippen LogP contribution in [-0.4, -0.2) is 23.1 Å². The molecule has 5 nitrogen and oxygen atoms in total. The van der Waals surface area contributed by atoms with Gasteiger partial charge in [0.2, 0.25) is 0 Å². The summed E-state index contributed by atoms with van der Waals surface area (Å²) in [7, 11) is 0. The number of benzene rings is 2. The lowest BCUT2D eigenvalue weighted by Crippen LogP contribution is -2.26. The quantitative estimate of drug-likeness (QED) is 0.409. The van der Waals surface area contributed by atoms with Crippen molar-refractivity contribution in [3.05, 3.63) is 87.8 Å². The molecule has 5 heteroatoms. The van der Waals surface area contributed by atoms with Gasteiger partial charge >= 0.3 is 0 Å². The number of fused-ring (bicyclic) bond motifs is 1. The Bertz CT molecular complexity index is 1320. The second-order valence-corrected chi connectivity index (χ2v) is 8.70. The molecule has 5 rings (SSSR count). The van der Waals surface area contributed by atoms with Crippen molar-refractivity contribution in [1.82, 2.24) is 15.3 Å². The van der Waals surface area contributed by atoms with Crippen LogP contribution < -0.4 is 16.2 Å². The van der Waals surface area contributed by atoms with Crippen LogP contribution in [0.4, 0.5) is 11.5 Å². The molecule has 162 valence electrons. The number of pyridine rings is 2. The minimum atomic E-state index is -0.143. The molecular weight excluding hydrogens is 396 g/mol. The van der Waals surface area contributed by atoms with E-state index in [1.165, 1.54) is 29.5 Å². The summed E-state index contributed by atoms with van der Waals surface area (Å²) in [6, 6.07) is 18.8. The number of anilines is 2. The van der Waals surface area contributed by atoms with Crippen molar-refractivity contribution < 1.29 is 0 Å². The number of nitrogens with zero attached hydrogens (tertiary/aromatic N) is 1. The maximum Gasteiger partial charge on any atom is 0.259 e. The Morgan fingerprint density at radius 3 is 2.47 bits per heavy atom. The fourth-order valence-corrected chi connectivity index (χ4v) is 4.48. The third kappa shape index (κ3) is 4.04. The summed E-state index contributed by atoms with van der Waals surface area (Å²) < 4.78 is 0. The number of rotatable bonds is 4. The smallest absolute Gasteiger partial charge is 0.259 e. The Balaban J connectivity index is 1.53. The molecule has 0 amide bonds. The van der Waals surface area contributed by atoms with Crippen LogP contribution in [0.3, 0.4) is 0 Å². The Labute approximate surface area is 187 Å². The average Bonchev–Trinajstić information content (AvgIpc) is 2.82. The zero-order valence-electron chi connectivity index (χ0n) is 18.5. The highest BCUT2D eigenvalue weighted by atomic mass is 16.1. The predicted octanol–water partition coefficient (Wildman–Crippen LogP) is 5.42. The van der Waals surface area contributed by atoms with Gasteiger partial charge in [-0.25, -0.2) is 4.98 Å². The van der Waals surface area contributed by atoms with E-state index in [1.807, 2.05) is 12.1 Å². The second kappa shape index (κ2) is 8.60. The number of H-pyrrole nitrogens is 1. The fraction of sp³-hybridized carbons (Fsp3) is 0.259. The van der Waals surface area contributed by atoms with Crippen LogP contribution in [0, 0.1) is 13.8 Å². The molecule has 0 aliphatic carbocycles. The summed E-state index contributed by atoms with van der Waals surface area (Å²) >= 11 is 0. The highest BCUT2D eigenvalue weighted by Crippen LogP contribution is 2.30. The van der Waals surface area contributed by atoms with Crippen LogP contribution in [-0.2, 0) is 0 Å². The molecule has 4 aromatic rings. The molecule has 0 atom stereocenters. The van der Waals surface area contributed by atoms with E-state index < -0.39 is 0 Å². The fourth-order valence-electron chi connectivity index (χ4n) is 4.48. The zero-order valence-corrected chi connectivity index (χ0v) is 18.5. The van der Waals surface area contributed by atoms with Gasteiger partial charge < -0.3 is 15.6 Å². The average molecular weight is 425 g/mol. The van der Waals surface area contributed by atoms with E-state index in [2.05, 4.69) is 71.9 Å². The number of aromatic amines is 1. The molecular formula is C27H28N4O. The van der Waals surface area contributed by atoms with Crippen molar-refractivity contribution in [2.24, 2.45) is 0 Å². The Kier molecular flexibility index (Phi) is 5.50. The molecule has 0 unspecified atom stereocenters. The van der Waals surface area contributed by atoms with E-state index in [1.54, 1.807) is 6.20 Å². The highest BCUT2D eigenvalue weighted by molar-refractivity contribution is 5.95. The molecule has 0 saturated carbocycles. The van der Waals surface area contributed by atoms with Gasteiger partial charge in [-0.2, -0.15) is 0 Å². The summed E-state index contributed by atoms with van der Waals surface area (Å²) in [4.78, 5) is 20.3. The van der Waals surface area contributed by atoms with Gasteiger partial charge in [-0.05, 0) is 98.1 Å². The highest BCUT2D eigenvalue weighted by Gasteiger charge is 2.16. The summed E-state index contributed by atoms with van der Waals surface area (Å²) in [6.45, 7) is 6.36. The first kappa shape index (κ1) is 20.5. The Morgan fingerprint density at radius 2 is 1.72 bits per heavy atom. The van der Waals surface area contributed by atoms with Gasteiger partial charge in [0.25, 0.3) is 5.56 Å². The minimum Gasteiger partial charge on any atom is -0.340 e. The first-order chi connectivity index (χ1) is 15.6. The van der Waals surface area contributed by atoms with Crippen molar-refractivity contribution in [3.63, 3.8) is 0 Å². The van der Waals surface area contributed by atoms with E-state index in [0.717, 1.165) is 35.4 Å². The minimum absolute atomic E-state index is 0.143. The summed E-state index contributed by atoms with van der Waals surface area (Å²) in [5.41, 5.74) is 6.51. The number of piperidine rings is 1. The summed E-state index contributed by atoms with van der Waals surface area (Å²) in [5.74, 6) is 1.19. The van der Waals surface area contributed by atoms with Crippen LogP contribution in [0.1, 0.15) is 35.4 Å². The van der Waals surface area contributed by atoms with Crippen LogP contribution in [0.2, 0.25) is 0 Å². The lowest BCUT2D eigenvalue weighted by Gasteiger charge is -2.23. The third-order valence-electron chi connectivity index (χ3n) is 6.54. The van der Waals surface area contributed by atoms with E-state index in [4.69, 9.17) is 4.98 Å². The maximum absolute atomic E-state index is 12.7. The molecule has 0 bridgehead atoms. The second-order valence-electron chi connectivity index (χ2n) is 8.70. The molecule has 1 saturated heterocycles. The SMILES string of the molecule is Cc1ccc(-c2cc3cc[nH]c(=O)c3c(Nc3ccc(C4CCNCC4)cc3)n2)cc1C. The van der Waals surface area contributed by atoms with Crippen LogP contribution in [0.25, 0.3) is 22.0 Å². The van der Waals surface area contributed by atoms with Crippen molar-refractivity contribution in [2.45, 2.75) is 32.6 Å². The lowest BCUT2D eigenvalue weighted by atomic mass is 9.90. The standard InChI is InChI=1S/C27H28N4O/c1-17-3-4-21(15-18(17)2)24-16-22-11-14-29-27(32)25(22)26(31-24)30-23-7-5-19(6-8-23)20-9-12-28-13-10-20/h3-8,11,14-16,20,28H,9-10,12-13H2,1-2H3,(H,29,32)(H,30,31). The Hall–Kier alpha value is -3.44. The molecule has 0 radical (unpaired) electrons. The van der Waals surface area contributed by atoms with E-state index in [0.29, 0.717) is 17.1 Å². The monoisotopic (exact) mass is 424 g/mol. The van der Waals surface area contributed by atoms with Gasteiger partial charge in [-0.15, -0.1) is 0 Å². The number of aromatic nitrogens is 2. The summed E-state index contributed by atoms with van der Waals surface area (Å²) in [6.07, 6.45) is 4.03. The molecule has 3 N–H and O–H groups in total. The van der Waals surface area contributed by atoms with Crippen LogP contribution >= 0.6 is 0 Å². The molecule has 3 heterocycles. The lowest BCUT2D eigenvalue weighted by molar-refractivity contribution is 0.460. The van der Waals surface area contributed by atoms with E-state index >= 15 is 0 Å². The molecule has 1 aliphatic rings. The number of aryl methyl sites for hydroxylation is 2. The van der Waals surface area contributed by atoms with Crippen LogP contribution in [0.15, 0.2) is 65.6 Å². The van der Waals surface area contributed by atoms with E-state index in [-0.39, 0.29) is 5.56 Å². The van der Waals surface area contributed by atoms with Gasteiger partial charge in [0, 0.05) is 17.4 Å². The zero-order chi connectivity index (χ0) is 22.1. The van der Waals surface area contributed by atoms with E-state index in [9.17, 15) is 4.79 Å². The number of hydrogen-bond acceptors (Lipinski definition) is 4. The molecule has 1 aliphatic heterocycles. The molecule has 2 aromatic carbocycles. The predicted molar refractivity (Wildman–Crippen MR) is 132 cm³/mol. The van der Waals surface area contributed by atoms with Gasteiger partial charge in [0.15, 0.2) is 0 Å². The first-order valence-corrected chi connectivity index (χ1v) is 11.3. The first-order valence-electron chi connectivity index (χ1n) is 11.3. The van der Waals surface area contributed by atoms with Crippen LogP contribution in [0.5, 0.6) is 0 Å². The maximum atomic E-state index is 12.7. The number of hydrogen-bond donors (Lipinski definition) is 3. The molecule has 1 fully saturated rings. The Morgan fingerprint density at radius 1 is 0.938 bits per heavy atom. The van der Waals surface area contributed by atoms with Crippen molar-refractivity contribution >= 4 is 22.3 Å². The van der Waals surface area contributed by atoms with Crippen molar-refractivity contribution in [2.75, 3.05) is 18.4 Å². The van der Waals surface area contributed by atoms with Gasteiger partial charge in [0.05, 0.1) is 11.1 Å². The van der Waals surface area contributed by atoms with Gasteiger partial charge in [-0.3, -0.25) is 4.79 Å². The molecule has 0 spiro atoms. The largest absolute Gasteiger partial charge is 0.340 e.